The lowest BCUT2D eigenvalue weighted by Crippen LogP contribution is -2.38. The fourth-order valence-electron chi connectivity index (χ4n) is 3.03. The van der Waals surface area contributed by atoms with Gasteiger partial charge in [-0.25, -0.2) is 4.79 Å². The van der Waals surface area contributed by atoms with Crippen LogP contribution in [-0.2, 0) is 5.54 Å². The van der Waals surface area contributed by atoms with E-state index in [1.54, 1.807) is 25.1 Å². The van der Waals surface area contributed by atoms with Gasteiger partial charge >= 0.3 is 6.03 Å². The highest BCUT2D eigenvalue weighted by molar-refractivity contribution is 6.32. The standard InChI is InChI=1S/C22H23ClN4O4/c1-15-24-20(31-27-15)22(10-11-22)26-21(28)25-16-8-9-19(18(23)14-16)30-13-5-12-29-17-6-3-2-4-7-17/h2-4,6-9,14H,5,10-13H2,1H3,(H2,25,26,28). The minimum absolute atomic E-state index is 0.365. The first-order valence-electron chi connectivity index (χ1n) is 10.0. The molecule has 31 heavy (non-hydrogen) atoms. The molecule has 1 heterocycles. The first kappa shape index (κ1) is 21.0. The monoisotopic (exact) mass is 442 g/mol. The minimum atomic E-state index is -0.583. The second kappa shape index (κ2) is 9.26. The average Bonchev–Trinajstić information content (AvgIpc) is 3.39. The van der Waals surface area contributed by atoms with E-state index in [9.17, 15) is 4.79 Å². The van der Waals surface area contributed by atoms with Crippen LogP contribution in [0.1, 0.15) is 31.0 Å². The predicted molar refractivity (Wildman–Crippen MR) is 116 cm³/mol. The summed E-state index contributed by atoms with van der Waals surface area (Å²) < 4.78 is 16.6. The molecule has 0 aliphatic heterocycles. The van der Waals surface area contributed by atoms with Gasteiger partial charge in [0.05, 0.1) is 18.2 Å². The first-order chi connectivity index (χ1) is 15.0. The van der Waals surface area contributed by atoms with E-state index in [1.165, 1.54) is 0 Å². The van der Waals surface area contributed by atoms with Crippen LogP contribution in [0.4, 0.5) is 10.5 Å². The number of anilines is 1. The number of amides is 2. The first-order valence-corrected chi connectivity index (χ1v) is 10.4. The zero-order valence-corrected chi connectivity index (χ0v) is 17.8. The third-order valence-electron chi connectivity index (χ3n) is 4.79. The second-order valence-electron chi connectivity index (χ2n) is 7.32. The summed E-state index contributed by atoms with van der Waals surface area (Å²) >= 11 is 6.30. The number of nitrogens with zero attached hydrogens (tertiary/aromatic N) is 2. The number of rotatable bonds is 9. The number of nitrogens with one attached hydrogen (secondary N) is 2. The fraction of sp³-hybridized carbons (Fsp3) is 0.318. The topological polar surface area (TPSA) is 98.5 Å². The lowest BCUT2D eigenvalue weighted by molar-refractivity contribution is 0.241. The van der Waals surface area contributed by atoms with E-state index in [2.05, 4.69) is 20.8 Å². The van der Waals surface area contributed by atoms with Gasteiger partial charge in [0.1, 0.15) is 17.0 Å². The zero-order chi connectivity index (χ0) is 21.7. The maximum atomic E-state index is 12.4. The van der Waals surface area contributed by atoms with Gasteiger partial charge in [0.25, 0.3) is 5.89 Å². The number of urea groups is 1. The highest BCUT2D eigenvalue weighted by Crippen LogP contribution is 2.44. The lowest BCUT2D eigenvalue weighted by Gasteiger charge is -2.15. The number of carbonyl (C=O) groups is 1. The molecule has 1 aliphatic carbocycles. The van der Waals surface area contributed by atoms with E-state index >= 15 is 0 Å². The fourth-order valence-corrected chi connectivity index (χ4v) is 3.27. The van der Waals surface area contributed by atoms with Gasteiger partial charge in [0.15, 0.2) is 5.82 Å². The highest BCUT2D eigenvalue weighted by Gasteiger charge is 2.50. The summed E-state index contributed by atoms with van der Waals surface area (Å²) in [4.78, 5) is 16.6. The number of para-hydroxylation sites is 1. The van der Waals surface area contributed by atoms with Crippen molar-refractivity contribution >= 4 is 23.3 Å². The molecular formula is C22H23ClN4O4. The molecule has 0 atom stereocenters. The number of benzene rings is 2. The van der Waals surface area contributed by atoms with Crippen molar-refractivity contribution in [3.05, 3.63) is 65.3 Å². The molecule has 4 rings (SSSR count). The van der Waals surface area contributed by atoms with Gasteiger partial charge in [-0.2, -0.15) is 4.98 Å². The Hall–Kier alpha value is -3.26. The molecular weight excluding hydrogens is 420 g/mol. The molecule has 0 spiro atoms. The SMILES string of the molecule is Cc1noc(C2(NC(=O)Nc3ccc(OCCCOc4ccccc4)c(Cl)c3)CC2)n1. The molecule has 0 saturated heterocycles. The van der Waals surface area contributed by atoms with Crippen molar-refractivity contribution in [2.24, 2.45) is 0 Å². The normalized spacial score (nSPS) is 14.0. The Labute approximate surface area is 184 Å². The van der Waals surface area contributed by atoms with E-state index in [0.29, 0.717) is 47.8 Å². The number of hydrogen-bond donors (Lipinski definition) is 2. The number of aromatic nitrogens is 2. The largest absolute Gasteiger partial charge is 0.493 e. The Bertz CT molecular complexity index is 1040. The number of aryl methyl sites for hydroxylation is 1. The molecule has 2 N–H and O–H groups in total. The maximum absolute atomic E-state index is 12.4. The minimum Gasteiger partial charge on any atom is -0.493 e. The van der Waals surface area contributed by atoms with Gasteiger partial charge in [-0.3, -0.25) is 0 Å². The van der Waals surface area contributed by atoms with Crippen molar-refractivity contribution in [1.82, 2.24) is 15.5 Å². The Kier molecular flexibility index (Phi) is 6.27. The molecule has 0 radical (unpaired) electrons. The number of halogens is 1. The number of carbonyl (C=O) groups excluding carboxylic acids is 1. The second-order valence-corrected chi connectivity index (χ2v) is 7.72. The average molecular weight is 443 g/mol. The van der Waals surface area contributed by atoms with Crippen LogP contribution >= 0.6 is 11.6 Å². The van der Waals surface area contributed by atoms with Crippen LogP contribution < -0.4 is 20.1 Å². The smallest absolute Gasteiger partial charge is 0.320 e. The quantitative estimate of drug-likeness (QED) is 0.466. The van der Waals surface area contributed by atoms with E-state index in [0.717, 1.165) is 18.6 Å². The van der Waals surface area contributed by atoms with Crippen molar-refractivity contribution in [1.29, 1.82) is 0 Å². The molecule has 1 saturated carbocycles. The predicted octanol–water partition coefficient (Wildman–Crippen LogP) is 4.69. The number of hydrogen-bond acceptors (Lipinski definition) is 6. The Morgan fingerprint density at radius 1 is 1.16 bits per heavy atom. The van der Waals surface area contributed by atoms with Gasteiger partial charge in [-0.05, 0) is 50.1 Å². The maximum Gasteiger partial charge on any atom is 0.320 e. The van der Waals surface area contributed by atoms with E-state index in [1.807, 2.05) is 30.3 Å². The van der Waals surface area contributed by atoms with Crippen LogP contribution in [0, 0.1) is 6.92 Å². The van der Waals surface area contributed by atoms with Crippen LogP contribution in [-0.4, -0.2) is 29.4 Å². The summed E-state index contributed by atoms with van der Waals surface area (Å²) in [6.07, 6.45) is 2.22. The lowest BCUT2D eigenvalue weighted by atomic mass is 10.2. The van der Waals surface area contributed by atoms with Crippen molar-refractivity contribution in [2.75, 3.05) is 18.5 Å². The molecule has 162 valence electrons. The van der Waals surface area contributed by atoms with Crippen LogP contribution in [0.5, 0.6) is 11.5 Å². The molecule has 0 unspecified atom stereocenters. The third-order valence-corrected chi connectivity index (χ3v) is 5.08. The summed E-state index contributed by atoms with van der Waals surface area (Å²) in [6, 6.07) is 14.4. The summed E-state index contributed by atoms with van der Waals surface area (Å²) in [5.74, 6) is 2.35. The number of ether oxygens (including phenoxy) is 2. The van der Waals surface area contributed by atoms with Gasteiger partial charge < -0.3 is 24.6 Å². The molecule has 8 nitrogen and oxygen atoms in total. The Morgan fingerprint density at radius 2 is 1.94 bits per heavy atom. The van der Waals surface area contributed by atoms with E-state index < -0.39 is 5.54 Å². The summed E-state index contributed by atoms with van der Waals surface area (Å²) in [7, 11) is 0. The summed E-state index contributed by atoms with van der Waals surface area (Å²) in [5, 5.41) is 9.89. The van der Waals surface area contributed by atoms with E-state index in [4.69, 9.17) is 25.6 Å². The van der Waals surface area contributed by atoms with Crippen molar-refractivity contribution < 1.29 is 18.8 Å². The molecule has 2 aromatic carbocycles. The van der Waals surface area contributed by atoms with Crippen molar-refractivity contribution in [3.63, 3.8) is 0 Å². The molecule has 9 heteroatoms. The van der Waals surface area contributed by atoms with Gasteiger partial charge in [-0.15, -0.1) is 0 Å². The third kappa shape index (κ3) is 5.46. The molecule has 2 amide bonds. The molecule has 1 aromatic heterocycles. The van der Waals surface area contributed by atoms with Crippen LogP contribution in [0.25, 0.3) is 0 Å². The van der Waals surface area contributed by atoms with Gasteiger partial charge in [-0.1, -0.05) is 35.0 Å². The van der Waals surface area contributed by atoms with Crippen molar-refractivity contribution in [2.45, 2.75) is 31.7 Å². The molecule has 0 bridgehead atoms. The molecule has 1 aliphatic rings. The Morgan fingerprint density at radius 3 is 2.61 bits per heavy atom. The zero-order valence-electron chi connectivity index (χ0n) is 17.1. The van der Waals surface area contributed by atoms with Crippen LogP contribution in [0.2, 0.25) is 5.02 Å². The Balaban J connectivity index is 1.23. The summed E-state index contributed by atoms with van der Waals surface area (Å²) in [6.45, 7) is 2.75. The molecule has 3 aromatic rings. The molecule has 1 fully saturated rings. The van der Waals surface area contributed by atoms with Crippen LogP contribution in [0.3, 0.4) is 0 Å². The van der Waals surface area contributed by atoms with Crippen molar-refractivity contribution in [3.8, 4) is 11.5 Å². The van der Waals surface area contributed by atoms with Gasteiger partial charge in [0.2, 0.25) is 0 Å². The van der Waals surface area contributed by atoms with Gasteiger partial charge in [0, 0.05) is 12.1 Å². The highest BCUT2D eigenvalue weighted by atomic mass is 35.5. The van der Waals surface area contributed by atoms with Crippen LogP contribution in [0.15, 0.2) is 53.1 Å². The summed E-state index contributed by atoms with van der Waals surface area (Å²) in [5.41, 5.74) is -0.0280. The van der Waals surface area contributed by atoms with E-state index in [-0.39, 0.29) is 6.03 Å².